The second-order valence-corrected chi connectivity index (χ2v) is 8.02. The van der Waals surface area contributed by atoms with Crippen LogP contribution >= 0.6 is 0 Å². The Balaban J connectivity index is 1.98. The first-order valence-electron chi connectivity index (χ1n) is 11.3. The normalized spacial score (nSPS) is 13.8. The third-order valence-corrected chi connectivity index (χ3v) is 5.67. The van der Waals surface area contributed by atoms with Crippen LogP contribution in [0.4, 0.5) is 5.69 Å². The summed E-state index contributed by atoms with van der Waals surface area (Å²) < 4.78 is 7.32. The van der Waals surface area contributed by atoms with Crippen LogP contribution in [-0.4, -0.2) is 54.5 Å². The third kappa shape index (κ3) is 4.39. The Bertz CT molecular complexity index is 1370. The van der Waals surface area contributed by atoms with Crippen LogP contribution in [-0.2, 0) is 0 Å². The first-order valence-corrected chi connectivity index (χ1v) is 11.3. The highest BCUT2D eigenvalue weighted by molar-refractivity contribution is 5.91. The van der Waals surface area contributed by atoms with Gasteiger partial charge in [-0.25, -0.2) is 0 Å². The summed E-state index contributed by atoms with van der Waals surface area (Å²) in [7, 11) is 3.69. The van der Waals surface area contributed by atoms with Gasteiger partial charge in [0.1, 0.15) is 5.82 Å². The molecule has 0 saturated carbocycles. The highest BCUT2D eigenvalue weighted by Gasteiger charge is 2.20. The van der Waals surface area contributed by atoms with Crippen molar-refractivity contribution in [1.29, 1.82) is 0 Å². The fourth-order valence-electron chi connectivity index (χ4n) is 4.07. The minimum atomic E-state index is -0.155. The molecule has 0 radical (unpaired) electrons. The van der Waals surface area contributed by atoms with Crippen LogP contribution < -0.4 is 21.3 Å². The van der Waals surface area contributed by atoms with Crippen LogP contribution in [0.15, 0.2) is 64.2 Å². The molecule has 1 aliphatic rings. The highest BCUT2D eigenvalue weighted by Crippen LogP contribution is 2.27. The van der Waals surface area contributed by atoms with Crippen molar-refractivity contribution in [3.05, 3.63) is 70.3 Å². The number of fused-ring (bicyclic) bond motifs is 1. The first kappa shape index (κ1) is 23.1. The van der Waals surface area contributed by atoms with E-state index in [0.717, 1.165) is 34.6 Å². The zero-order valence-electron chi connectivity index (χ0n) is 20.0. The number of aliphatic imine (C=N–C) groups is 1. The summed E-state index contributed by atoms with van der Waals surface area (Å²) in [6, 6.07) is 11.2. The highest BCUT2D eigenvalue weighted by atomic mass is 16.5. The van der Waals surface area contributed by atoms with Crippen molar-refractivity contribution < 1.29 is 4.74 Å². The number of rotatable bonds is 7. The molecule has 0 fully saturated rings. The summed E-state index contributed by atoms with van der Waals surface area (Å²) >= 11 is 0. The fourth-order valence-corrected chi connectivity index (χ4v) is 4.07. The van der Waals surface area contributed by atoms with Gasteiger partial charge in [0.25, 0.3) is 5.56 Å². The number of hydrogen-bond donors (Lipinski definition) is 2. The molecule has 2 aromatic heterocycles. The lowest BCUT2D eigenvalue weighted by Crippen LogP contribution is -2.35. The van der Waals surface area contributed by atoms with Gasteiger partial charge in [0.05, 0.1) is 13.2 Å². The molecule has 8 nitrogen and oxygen atoms in total. The summed E-state index contributed by atoms with van der Waals surface area (Å²) in [5, 5.41) is 4.18. The van der Waals surface area contributed by atoms with E-state index < -0.39 is 0 Å². The van der Waals surface area contributed by atoms with Crippen molar-refractivity contribution in [2.75, 3.05) is 39.5 Å². The van der Waals surface area contributed by atoms with Crippen molar-refractivity contribution in [2.45, 2.75) is 13.8 Å². The molecular weight excluding hydrogens is 428 g/mol. The van der Waals surface area contributed by atoms with Gasteiger partial charge in [-0.2, -0.15) is 4.98 Å². The second kappa shape index (κ2) is 9.82. The molecule has 0 saturated heterocycles. The Kier molecular flexibility index (Phi) is 6.67. The minimum absolute atomic E-state index is 0.155. The van der Waals surface area contributed by atoms with E-state index in [1.54, 1.807) is 23.9 Å². The number of likely N-dealkylation sites (N-methyl/N-ethyl adjacent to an activating group) is 1. The lowest BCUT2D eigenvalue weighted by atomic mass is 10.0. The predicted molar refractivity (Wildman–Crippen MR) is 139 cm³/mol. The monoisotopic (exact) mass is 458 g/mol. The van der Waals surface area contributed by atoms with Crippen LogP contribution in [0.1, 0.15) is 19.4 Å². The van der Waals surface area contributed by atoms with Gasteiger partial charge in [-0.1, -0.05) is 6.07 Å². The molecule has 176 valence electrons. The Labute approximate surface area is 199 Å². The molecule has 1 aromatic carbocycles. The topological polar surface area (TPSA) is 97.8 Å². The van der Waals surface area contributed by atoms with Gasteiger partial charge in [-0.15, -0.1) is 0 Å². The van der Waals surface area contributed by atoms with E-state index in [-0.39, 0.29) is 5.56 Å². The molecule has 0 amide bonds. The van der Waals surface area contributed by atoms with Crippen molar-refractivity contribution >= 4 is 28.6 Å². The quantitative estimate of drug-likeness (QED) is 0.416. The maximum absolute atomic E-state index is 13.9. The number of allylic oxidation sites excluding steroid dienone is 2. The van der Waals surface area contributed by atoms with E-state index in [9.17, 15) is 4.79 Å². The number of nitrogens with two attached hydrogens (primary N) is 1. The number of hydrogen-bond acceptors (Lipinski definition) is 7. The summed E-state index contributed by atoms with van der Waals surface area (Å²) in [6.45, 7) is 5.82. The molecule has 0 unspecified atom stereocenters. The molecular formula is C26H30N6O2. The fraction of sp³-hybridized carbons (Fsp3) is 0.269. The average molecular weight is 459 g/mol. The van der Waals surface area contributed by atoms with Gasteiger partial charge in [0, 0.05) is 60.8 Å². The van der Waals surface area contributed by atoms with Gasteiger partial charge in [0.2, 0.25) is 5.88 Å². The summed E-state index contributed by atoms with van der Waals surface area (Å²) in [5.74, 6) is 1.49. The molecule has 8 heteroatoms. The van der Waals surface area contributed by atoms with Gasteiger partial charge >= 0.3 is 0 Å². The Morgan fingerprint density at radius 3 is 2.74 bits per heavy atom. The SMILES string of the molecule is CCNC1=CC=C(n2c(=O)c(-c3ccc(N)c(C=NC)c3)cc3ccc(OCC)nc32)CN1C. The molecule has 1 aliphatic heterocycles. The molecule has 3 aromatic rings. The van der Waals surface area contributed by atoms with E-state index in [4.69, 9.17) is 10.5 Å². The van der Waals surface area contributed by atoms with Crippen molar-refractivity contribution in [2.24, 2.45) is 4.99 Å². The van der Waals surface area contributed by atoms with Crippen LogP contribution in [0.3, 0.4) is 0 Å². The molecule has 0 bridgehead atoms. The summed E-state index contributed by atoms with van der Waals surface area (Å²) in [4.78, 5) is 24.8. The standard InChI is InChI=1S/C26H30N6O2/c1-5-29-23-11-9-20(16-31(23)4)32-25-18(8-12-24(30-25)34-6-2)14-21(26(32)33)17-7-10-22(27)19(13-17)15-28-3/h7-15,29H,5-6,16,27H2,1-4H3. The van der Waals surface area contributed by atoms with Crippen LogP contribution in [0, 0.1) is 0 Å². The second-order valence-electron chi connectivity index (χ2n) is 8.02. The number of nitrogens with one attached hydrogen (secondary N) is 1. The third-order valence-electron chi connectivity index (χ3n) is 5.67. The molecule has 34 heavy (non-hydrogen) atoms. The van der Waals surface area contributed by atoms with E-state index >= 15 is 0 Å². The van der Waals surface area contributed by atoms with E-state index in [2.05, 4.69) is 27.1 Å². The van der Waals surface area contributed by atoms with Crippen molar-refractivity contribution in [3.8, 4) is 17.0 Å². The Morgan fingerprint density at radius 2 is 2.03 bits per heavy atom. The Hall–Kier alpha value is -4.07. The van der Waals surface area contributed by atoms with E-state index in [1.165, 1.54) is 0 Å². The number of pyridine rings is 2. The van der Waals surface area contributed by atoms with E-state index in [1.807, 2.05) is 56.5 Å². The minimum Gasteiger partial charge on any atom is -0.478 e. The number of aromatic nitrogens is 2. The maximum Gasteiger partial charge on any atom is 0.264 e. The number of nitrogens with zero attached hydrogens (tertiary/aromatic N) is 4. The lowest BCUT2D eigenvalue weighted by molar-refractivity contribution is 0.328. The van der Waals surface area contributed by atoms with Gasteiger partial charge < -0.3 is 20.7 Å². The molecule has 0 aliphatic carbocycles. The van der Waals surface area contributed by atoms with Crippen LogP contribution in [0.5, 0.6) is 5.88 Å². The van der Waals surface area contributed by atoms with Gasteiger partial charge in [-0.05, 0) is 55.8 Å². The molecule has 4 rings (SSSR count). The number of nitrogen functional groups attached to an aromatic ring is 1. The van der Waals surface area contributed by atoms with Crippen LogP contribution in [0.2, 0.25) is 0 Å². The molecule has 0 spiro atoms. The molecule has 3 heterocycles. The molecule has 3 N–H and O–H groups in total. The van der Waals surface area contributed by atoms with Crippen LogP contribution in [0.25, 0.3) is 27.9 Å². The summed E-state index contributed by atoms with van der Waals surface area (Å²) in [5.41, 5.74) is 10.0. The maximum atomic E-state index is 13.9. The lowest BCUT2D eigenvalue weighted by Gasteiger charge is -2.28. The smallest absolute Gasteiger partial charge is 0.264 e. The average Bonchev–Trinajstić information content (AvgIpc) is 2.82. The van der Waals surface area contributed by atoms with Gasteiger partial charge in [-0.3, -0.25) is 14.4 Å². The Morgan fingerprint density at radius 1 is 1.21 bits per heavy atom. The zero-order chi connectivity index (χ0) is 24.2. The number of ether oxygens (including phenoxy) is 1. The number of anilines is 1. The largest absolute Gasteiger partial charge is 0.478 e. The van der Waals surface area contributed by atoms with Crippen molar-refractivity contribution in [3.63, 3.8) is 0 Å². The van der Waals surface area contributed by atoms with E-state index in [0.29, 0.717) is 35.9 Å². The van der Waals surface area contributed by atoms with Crippen molar-refractivity contribution in [1.82, 2.24) is 19.8 Å². The predicted octanol–water partition coefficient (Wildman–Crippen LogP) is 3.33. The zero-order valence-corrected chi connectivity index (χ0v) is 20.0. The molecule has 0 atom stereocenters. The summed E-state index contributed by atoms with van der Waals surface area (Å²) in [6.07, 6.45) is 5.65. The number of benzene rings is 1. The first-order chi connectivity index (χ1) is 16.5. The van der Waals surface area contributed by atoms with Gasteiger partial charge in [0.15, 0.2) is 5.65 Å².